The van der Waals surface area contributed by atoms with Gasteiger partial charge in [-0.25, -0.2) is 4.68 Å². The van der Waals surface area contributed by atoms with Gasteiger partial charge in [-0.2, -0.15) is 23.4 Å². The zero-order chi connectivity index (χ0) is 18.2. The van der Waals surface area contributed by atoms with Crippen molar-refractivity contribution in [2.24, 2.45) is 0 Å². The van der Waals surface area contributed by atoms with Gasteiger partial charge >= 0.3 is 6.18 Å². The molecular formula is C14H8Cl2F3N5O. The summed E-state index contributed by atoms with van der Waals surface area (Å²) in [5, 5.41) is 12.4. The summed E-state index contributed by atoms with van der Waals surface area (Å²) < 4.78 is 38.9. The number of benzene rings is 1. The van der Waals surface area contributed by atoms with Gasteiger partial charge in [0.1, 0.15) is 5.69 Å². The standard InChI is InChI=1S/C14H8Cl2F3N5O/c15-7-2-1-3-8(16)11(7)13(25)21-9-6-20-22-12(9)24-5-4-10(23-24)14(17,18)19/h1-6H,(H,20,22)(H,21,25). The average molecular weight is 390 g/mol. The highest BCUT2D eigenvalue weighted by atomic mass is 35.5. The number of halogens is 5. The largest absolute Gasteiger partial charge is 0.435 e. The van der Waals surface area contributed by atoms with Crippen molar-refractivity contribution in [3.63, 3.8) is 0 Å². The molecule has 0 aliphatic heterocycles. The number of rotatable bonds is 3. The highest BCUT2D eigenvalue weighted by molar-refractivity contribution is 6.40. The molecule has 0 radical (unpaired) electrons. The van der Waals surface area contributed by atoms with Crippen LogP contribution in [-0.2, 0) is 6.18 Å². The lowest BCUT2D eigenvalue weighted by molar-refractivity contribution is -0.141. The molecule has 25 heavy (non-hydrogen) atoms. The lowest BCUT2D eigenvalue weighted by Gasteiger charge is -2.08. The minimum atomic E-state index is -4.59. The van der Waals surface area contributed by atoms with Crippen LogP contribution in [0.3, 0.4) is 0 Å². The molecule has 0 saturated heterocycles. The number of hydrogen-bond acceptors (Lipinski definition) is 3. The summed E-state index contributed by atoms with van der Waals surface area (Å²) in [5.41, 5.74) is -0.936. The second-order valence-corrected chi connectivity index (χ2v) is 5.63. The van der Waals surface area contributed by atoms with Crippen LogP contribution in [0.5, 0.6) is 0 Å². The number of nitrogens with zero attached hydrogens (tertiary/aromatic N) is 3. The smallest absolute Gasteiger partial charge is 0.317 e. The van der Waals surface area contributed by atoms with Crippen molar-refractivity contribution < 1.29 is 18.0 Å². The minimum Gasteiger partial charge on any atom is -0.317 e. The van der Waals surface area contributed by atoms with E-state index in [2.05, 4.69) is 20.6 Å². The van der Waals surface area contributed by atoms with Gasteiger partial charge in [0.25, 0.3) is 5.91 Å². The first-order valence-corrected chi connectivity index (χ1v) is 7.45. The van der Waals surface area contributed by atoms with Gasteiger partial charge in [-0.3, -0.25) is 9.89 Å². The monoisotopic (exact) mass is 389 g/mol. The van der Waals surface area contributed by atoms with Crippen LogP contribution in [0.2, 0.25) is 10.0 Å². The third-order valence-electron chi connectivity index (χ3n) is 3.15. The molecule has 0 unspecified atom stereocenters. The van der Waals surface area contributed by atoms with Crippen molar-refractivity contribution in [1.82, 2.24) is 20.0 Å². The van der Waals surface area contributed by atoms with E-state index in [4.69, 9.17) is 23.2 Å². The Balaban J connectivity index is 1.90. The zero-order valence-corrected chi connectivity index (χ0v) is 13.6. The number of nitrogens with one attached hydrogen (secondary N) is 2. The molecule has 0 aliphatic rings. The van der Waals surface area contributed by atoms with E-state index in [9.17, 15) is 18.0 Å². The van der Waals surface area contributed by atoms with Crippen molar-refractivity contribution in [1.29, 1.82) is 0 Å². The average Bonchev–Trinajstić information content (AvgIpc) is 3.14. The van der Waals surface area contributed by atoms with Gasteiger partial charge in [0.05, 0.1) is 15.6 Å². The van der Waals surface area contributed by atoms with E-state index in [-0.39, 0.29) is 27.1 Å². The fourth-order valence-electron chi connectivity index (χ4n) is 2.04. The number of hydrogen-bond donors (Lipinski definition) is 2. The number of carbonyl (C=O) groups excluding carboxylic acids is 1. The Morgan fingerprint density at radius 3 is 2.48 bits per heavy atom. The summed E-state index contributed by atoms with van der Waals surface area (Å²) in [5.74, 6) is -0.659. The van der Waals surface area contributed by atoms with Crippen molar-refractivity contribution >= 4 is 34.8 Å². The predicted octanol–water partition coefficient (Wildman–Crippen LogP) is 4.17. The molecule has 130 valence electrons. The van der Waals surface area contributed by atoms with E-state index in [0.717, 1.165) is 16.9 Å². The van der Waals surface area contributed by atoms with Gasteiger partial charge in [0.2, 0.25) is 0 Å². The molecule has 0 atom stereocenters. The number of carbonyl (C=O) groups is 1. The summed E-state index contributed by atoms with van der Waals surface area (Å²) >= 11 is 11.9. The third-order valence-corrected chi connectivity index (χ3v) is 3.78. The molecule has 0 spiro atoms. The summed E-state index contributed by atoms with van der Waals surface area (Å²) in [6.45, 7) is 0. The molecule has 6 nitrogen and oxygen atoms in total. The summed E-state index contributed by atoms with van der Waals surface area (Å²) in [6.07, 6.45) is -2.21. The van der Waals surface area contributed by atoms with Gasteiger partial charge < -0.3 is 5.32 Å². The molecule has 11 heteroatoms. The first kappa shape index (κ1) is 17.3. The maximum absolute atomic E-state index is 12.7. The molecular weight excluding hydrogens is 382 g/mol. The normalized spacial score (nSPS) is 11.6. The Morgan fingerprint density at radius 1 is 1.20 bits per heavy atom. The molecule has 0 aliphatic carbocycles. The second kappa shape index (κ2) is 6.41. The Kier molecular flexibility index (Phi) is 4.44. The maximum atomic E-state index is 12.7. The fraction of sp³-hybridized carbons (Fsp3) is 0.0714. The first-order chi connectivity index (χ1) is 11.8. The third kappa shape index (κ3) is 3.47. The van der Waals surface area contributed by atoms with Gasteiger partial charge in [-0.15, -0.1) is 0 Å². The SMILES string of the molecule is O=C(Nc1c[nH]nc1-n1ccc(C(F)(F)F)n1)c1c(Cl)cccc1Cl. The second-order valence-electron chi connectivity index (χ2n) is 4.82. The fourth-order valence-corrected chi connectivity index (χ4v) is 2.61. The molecule has 0 saturated carbocycles. The van der Waals surface area contributed by atoms with E-state index in [0.29, 0.717) is 0 Å². The van der Waals surface area contributed by atoms with Crippen molar-refractivity contribution in [2.75, 3.05) is 5.32 Å². The lowest BCUT2D eigenvalue weighted by atomic mass is 10.2. The number of amides is 1. The van der Waals surface area contributed by atoms with Crippen molar-refractivity contribution in [3.8, 4) is 5.82 Å². The molecule has 1 aromatic carbocycles. The molecule has 3 aromatic rings. The number of aromatic nitrogens is 4. The van der Waals surface area contributed by atoms with Gasteiger partial charge in [-0.1, -0.05) is 29.3 Å². The number of anilines is 1. The van der Waals surface area contributed by atoms with E-state index in [1.54, 1.807) is 6.07 Å². The van der Waals surface area contributed by atoms with Crippen LogP contribution in [0.1, 0.15) is 16.1 Å². The van der Waals surface area contributed by atoms with Crippen LogP contribution < -0.4 is 5.32 Å². The number of alkyl halides is 3. The molecule has 0 bridgehead atoms. The topological polar surface area (TPSA) is 75.6 Å². The summed E-state index contributed by atoms with van der Waals surface area (Å²) in [6, 6.07) is 5.35. The van der Waals surface area contributed by atoms with Crippen molar-refractivity contribution in [3.05, 3.63) is 58.0 Å². The van der Waals surface area contributed by atoms with Crippen LogP contribution in [0.4, 0.5) is 18.9 Å². The molecule has 1 amide bonds. The molecule has 2 N–H and O–H groups in total. The van der Waals surface area contributed by atoms with E-state index >= 15 is 0 Å². The van der Waals surface area contributed by atoms with Gasteiger partial charge in [0, 0.05) is 12.4 Å². The predicted molar refractivity (Wildman–Crippen MR) is 85.1 cm³/mol. The van der Waals surface area contributed by atoms with Crippen LogP contribution in [0, 0.1) is 0 Å². The lowest BCUT2D eigenvalue weighted by Crippen LogP contribution is -2.15. The van der Waals surface area contributed by atoms with Crippen LogP contribution >= 0.6 is 23.2 Å². The Bertz CT molecular complexity index is 914. The molecule has 2 heterocycles. The minimum absolute atomic E-state index is 0.0213. The van der Waals surface area contributed by atoms with E-state index < -0.39 is 17.8 Å². The Labute approximate surface area is 148 Å². The molecule has 3 rings (SSSR count). The highest BCUT2D eigenvalue weighted by Crippen LogP contribution is 2.29. The first-order valence-electron chi connectivity index (χ1n) is 6.70. The maximum Gasteiger partial charge on any atom is 0.435 e. The number of aromatic amines is 1. The van der Waals surface area contributed by atoms with Gasteiger partial charge in [0.15, 0.2) is 11.5 Å². The van der Waals surface area contributed by atoms with E-state index in [1.807, 2.05) is 0 Å². The summed E-state index contributed by atoms with van der Waals surface area (Å²) in [4.78, 5) is 12.4. The van der Waals surface area contributed by atoms with Crippen LogP contribution in [0.25, 0.3) is 5.82 Å². The van der Waals surface area contributed by atoms with Crippen molar-refractivity contribution in [2.45, 2.75) is 6.18 Å². The molecule has 2 aromatic heterocycles. The number of H-pyrrole nitrogens is 1. The van der Waals surface area contributed by atoms with Gasteiger partial charge in [-0.05, 0) is 18.2 Å². The highest BCUT2D eigenvalue weighted by Gasteiger charge is 2.34. The van der Waals surface area contributed by atoms with Crippen LogP contribution in [-0.4, -0.2) is 25.9 Å². The Hall–Kier alpha value is -2.52. The Morgan fingerprint density at radius 2 is 1.88 bits per heavy atom. The zero-order valence-electron chi connectivity index (χ0n) is 12.1. The summed E-state index contributed by atoms with van der Waals surface area (Å²) in [7, 11) is 0. The molecule has 0 fully saturated rings. The quantitative estimate of drug-likeness (QED) is 0.705. The van der Waals surface area contributed by atoms with E-state index in [1.165, 1.54) is 18.3 Å². The van der Waals surface area contributed by atoms with Crippen LogP contribution in [0.15, 0.2) is 36.7 Å².